The Labute approximate surface area is 410 Å². The summed E-state index contributed by atoms with van der Waals surface area (Å²) in [6.45, 7) is 7.13. The molecular weight excluding hydrogens is 893 g/mol. The smallest absolute Gasteiger partial charge is 0.264 e. The van der Waals surface area contributed by atoms with Crippen LogP contribution in [0.2, 0.25) is 18.6 Å². The van der Waals surface area contributed by atoms with Crippen molar-refractivity contribution >= 4 is 65.3 Å². The summed E-state index contributed by atoms with van der Waals surface area (Å²) in [6, 6.07) is 45.5. The number of methoxy groups -OCH3 is 1. The SMILES string of the molecule is COc1ccc([Si](C)(C)[C@@H]2[C@@H](CC(=O)N3Cc4ccccc4C[C@H]3CO)O[C@]3(C(=O)N(Cc4ccc(N5C(=O)CCc6ccccc65)cc4)c4ccc(N5C(=O)CCc6ccccc65)cc43)[C@H]2C)cc1. The average molecular weight is 951 g/mol. The average Bonchev–Trinajstić information content (AvgIpc) is 3.81. The lowest BCUT2D eigenvalue weighted by atomic mass is 9.82. The molecule has 5 aliphatic rings. The molecule has 0 saturated carbocycles. The molecule has 11 nitrogen and oxygen atoms in total. The second-order valence-electron chi connectivity index (χ2n) is 20.2. The van der Waals surface area contributed by atoms with Crippen molar-refractivity contribution in [3.05, 3.63) is 173 Å². The maximum atomic E-state index is 16.0. The van der Waals surface area contributed by atoms with Gasteiger partial charge in [0.2, 0.25) is 17.7 Å². The molecule has 5 heterocycles. The second kappa shape index (κ2) is 17.8. The van der Waals surface area contributed by atoms with Gasteiger partial charge in [-0.05, 0) is 107 Å². The van der Waals surface area contributed by atoms with E-state index in [1.807, 2.05) is 114 Å². The number of hydrogen-bond acceptors (Lipinski definition) is 7. The van der Waals surface area contributed by atoms with Crippen LogP contribution in [0.15, 0.2) is 140 Å². The first-order valence-electron chi connectivity index (χ1n) is 24.6. The Morgan fingerprint density at radius 3 is 1.93 bits per heavy atom. The number of aryl methyl sites for hydroxylation is 2. The van der Waals surface area contributed by atoms with E-state index >= 15 is 4.79 Å². The summed E-state index contributed by atoms with van der Waals surface area (Å²) < 4.78 is 13.1. The number of rotatable bonds is 10. The normalized spacial score (nSPS) is 22.8. The fraction of sp³-hybridized carbons (Fsp3) is 0.310. The zero-order valence-electron chi connectivity index (χ0n) is 40.1. The topological polar surface area (TPSA) is 120 Å². The van der Waals surface area contributed by atoms with Gasteiger partial charge in [-0.1, -0.05) is 110 Å². The summed E-state index contributed by atoms with van der Waals surface area (Å²) in [7, 11) is -1.02. The van der Waals surface area contributed by atoms with Crippen LogP contribution in [0.3, 0.4) is 0 Å². The lowest BCUT2D eigenvalue weighted by Crippen LogP contribution is -2.52. The van der Waals surface area contributed by atoms with Crippen LogP contribution >= 0.6 is 0 Å². The monoisotopic (exact) mass is 950 g/mol. The molecule has 6 aromatic rings. The first kappa shape index (κ1) is 45.6. The van der Waals surface area contributed by atoms with Gasteiger partial charge in [-0.25, -0.2) is 0 Å². The Morgan fingerprint density at radius 1 is 0.714 bits per heavy atom. The molecule has 12 heteroatoms. The third kappa shape index (κ3) is 7.46. The fourth-order valence-electron chi connectivity index (χ4n) is 12.5. The van der Waals surface area contributed by atoms with Gasteiger partial charge >= 0.3 is 0 Å². The quantitative estimate of drug-likeness (QED) is 0.136. The van der Waals surface area contributed by atoms with Crippen LogP contribution in [0.4, 0.5) is 28.4 Å². The zero-order valence-corrected chi connectivity index (χ0v) is 41.1. The predicted molar refractivity (Wildman–Crippen MR) is 274 cm³/mol. The molecule has 5 aliphatic heterocycles. The maximum Gasteiger partial charge on any atom is 0.264 e. The van der Waals surface area contributed by atoms with E-state index in [9.17, 15) is 19.5 Å². The highest BCUT2D eigenvalue weighted by Crippen LogP contribution is 2.61. The number of nitrogens with zero attached hydrogens (tertiary/aromatic N) is 4. The van der Waals surface area contributed by atoms with Crippen molar-refractivity contribution in [3.8, 4) is 5.75 Å². The molecule has 1 fully saturated rings. The molecule has 70 heavy (non-hydrogen) atoms. The molecular formula is C58H58N4O7Si. The van der Waals surface area contributed by atoms with Crippen molar-refractivity contribution in [2.45, 2.75) is 94.9 Å². The van der Waals surface area contributed by atoms with E-state index < -0.39 is 31.7 Å². The minimum atomic E-state index is -2.67. The van der Waals surface area contributed by atoms with E-state index in [0.717, 1.165) is 55.8 Å². The molecule has 0 aromatic heterocycles. The number of para-hydroxylation sites is 2. The number of carbonyl (C=O) groups excluding carboxylic acids is 4. The Morgan fingerprint density at radius 2 is 1.30 bits per heavy atom. The van der Waals surface area contributed by atoms with Gasteiger partial charge in [0.15, 0.2) is 5.60 Å². The van der Waals surface area contributed by atoms with Crippen molar-refractivity contribution in [1.82, 2.24) is 4.90 Å². The second-order valence-corrected chi connectivity index (χ2v) is 24.9. The molecule has 1 spiro atoms. The molecule has 6 aromatic carbocycles. The number of amides is 4. The number of fused-ring (bicyclic) bond motifs is 5. The van der Waals surface area contributed by atoms with E-state index in [-0.39, 0.29) is 48.7 Å². The Hall–Kier alpha value is -6.86. The van der Waals surface area contributed by atoms with Gasteiger partial charge in [-0.15, -0.1) is 0 Å². The summed E-state index contributed by atoms with van der Waals surface area (Å²) in [5.74, 6) is -0.0236. The van der Waals surface area contributed by atoms with E-state index in [0.29, 0.717) is 55.6 Å². The summed E-state index contributed by atoms with van der Waals surface area (Å²) in [5.41, 5.74) is 7.96. The van der Waals surface area contributed by atoms with Crippen molar-refractivity contribution < 1.29 is 33.8 Å². The van der Waals surface area contributed by atoms with Gasteiger partial charge in [0.05, 0.1) is 64.0 Å². The highest BCUT2D eigenvalue weighted by molar-refractivity contribution is 6.91. The predicted octanol–water partition coefficient (Wildman–Crippen LogP) is 9.02. The lowest BCUT2D eigenvalue weighted by Gasteiger charge is -2.39. The van der Waals surface area contributed by atoms with Crippen LogP contribution in [0.25, 0.3) is 0 Å². The Bertz CT molecular complexity index is 3050. The Kier molecular flexibility index (Phi) is 11.6. The number of benzene rings is 6. The first-order valence-corrected chi connectivity index (χ1v) is 27.7. The van der Waals surface area contributed by atoms with Gasteiger partial charge in [-0.2, -0.15) is 0 Å². The molecule has 0 unspecified atom stereocenters. The number of aliphatic hydroxyl groups is 1. The van der Waals surface area contributed by atoms with Crippen molar-refractivity contribution in [3.63, 3.8) is 0 Å². The van der Waals surface area contributed by atoms with Gasteiger partial charge in [0, 0.05) is 42.2 Å². The van der Waals surface area contributed by atoms with Crippen LogP contribution in [0, 0.1) is 5.92 Å². The van der Waals surface area contributed by atoms with E-state index in [4.69, 9.17) is 9.47 Å². The maximum absolute atomic E-state index is 16.0. The number of anilines is 5. The molecule has 0 bridgehead atoms. The third-order valence-electron chi connectivity index (χ3n) is 16.1. The van der Waals surface area contributed by atoms with E-state index in [1.54, 1.807) is 21.8 Å². The fourth-order valence-corrected chi connectivity index (χ4v) is 16.5. The van der Waals surface area contributed by atoms with Crippen molar-refractivity contribution in [2.75, 3.05) is 28.4 Å². The first-order chi connectivity index (χ1) is 33.9. The van der Waals surface area contributed by atoms with Crippen LogP contribution in [0.5, 0.6) is 5.75 Å². The molecule has 0 radical (unpaired) electrons. The molecule has 1 N–H and O–H groups in total. The zero-order chi connectivity index (χ0) is 48.5. The molecule has 5 atom stereocenters. The minimum absolute atomic E-state index is 0.0160. The largest absolute Gasteiger partial charge is 0.497 e. The number of hydrogen-bond donors (Lipinski definition) is 1. The lowest BCUT2D eigenvalue weighted by molar-refractivity contribution is -0.151. The van der Waals surface area contributed by atoms with Gasteiger partial charge in [0.1, 0.15) is 5.75 Å². The molecule has 4 amide bonds. The third-order valence-corrected chi connectivity index (χ3v) is 20.4. The molecule has 1 saturated heterocycles. The van der Waals surface area contributed by atoms with Crippen LogP contribution in [-0.2, 0) is 61.9 Å². The minimum Gasteiger partial charge on any atom is -0.497 e. The molecule has 11 rings (SSSR count). The summed E-state index contributed by atoms with van der Waals surface area (Å²) in [6.07, 6.45) is 2.01. The van der Waals surface area contributed by atoms with Gasteiger partial charge < -0.3 is 24.4 Å². The van der Waals surface area contributed by atoms with Gasteiger partial charge in [-0.3, -0.25) is 29.0 Å². The van der Waals surface area contributed by atoms with E-state index in [2.05, 4.69) is 50.3 Å². The number of aliphatic hydroxyl groups excluding tert-OH is 1. The molecule has 356 valence electrons. The van der Waals surface area contributed by atoms with Crippen molar-refractivity contribution in [2.24, 2.45) is 5.92 Å². The summed E-state index contributed by atoms with van der Waals surface area (Å²) >= 11 is 0. The standard InChI is InChI=1S/C58H58N4O7Si/c1-37-56(70(3,4)47-26-24-46(68-2)25-27-47)52(33-55(66)59-35-42-14-6-5-13-41(42)31-45(59)36-63)69-58(37)48-32-44(62-50-16-10-8-12-40(50)20-30-54(62)65)23-28-51(48)60(57(58)67)34-38-17-21-43(22-18-38)61-49-15-9-7-11-39(49)19-29-53(61)64/h5-18,21-28,32,37,45,52,56,63H,19-20,29-31,33-36H2,1-4H3/t37-,45-,52+,56-,58+/m0/s1. The highest BCUT2D eigenvalue weighted by Gasteiger charge is 2.67. The van der Waals surface area contributed by atoms with E-state index in [1.165, 1.54) is 0 Å². The van der Waals surface area contributed by atoms with Crippen LogP contribution in [-0.4, -0.2) is 67.6 Å². The highest BCUT2D eigenvalue weighted by atomic mass is 28.3. The Balaban J connectivity index is 1.01. The number of ether oxygens (including phenoxy) is 2. The summed E-state index contributed by atoms with van der Waals surface area (Å²) in [5, 5.41) is 11.8. The number of carbonyl (C=O) groups is 4. The van der Waals surface area contributed by atoms with Crippen LogP contribution in [0.1, 0.15) is 59.6 Å². The van der Waals surface area contributed by atoms with Crippen molar-refractivity contribution in [1.29, 1.82) is 0 Å². The summed E-state index contributed by atoms with van der Waals surface area (Å²) in [4.78, 5) is 65.6. The van der Waals surface area contributed by atoms with Crippen LogP contribution < -0.4 is 24.6 Å². The van der Waals surface area contributed by atoms with Gasteiger partial charge in [0.25, 0.3) is 5.91 Å². The molecule has 0 aliphatic carbocycles.